The van der Waals surface area contributed by atoms with E-state index in [0.29, 0.717) is 6.54 Å². The third kappa shape index (κ3) is 2.41. The predicted molar refractivity (Wildman–Crippen MR) is 54.9 cm³/mol. The summed E-state index contributed by atoms with van der Waals surface area (Å²) in [7, 11) is 0. The number of nitrogens with zero attached hydrogens (tertiary/aromatic N) is 5. The molecule has 0 saturated carbocycles. The summed E-state index contributed by atoms with van der Waals surface area (Å²) in [5.74, 6) is 0. The summed E-state index contributed by atoms with van der Waals surface area (Å²) in [5.41, 5.74) is 7.28. The largest absolute Gasteiger partial charge is 0.325 e. The molecule has 2 rings (SSSR count). The van der Waals surface area contributed by atoms with Crippen LogP contribution in [0.3, 0.4) is 0 Å². The van der Waals surface area contributed by atoms with Gasteiger partial charge < -0.3 is 5.73 Å². The second-order valence-electron chi connectivity index (χ2n) is 3.40. The molecule has 0 atom stereocenters. The fourth-order valence-electron chi connectivity index (χ4n) is 1.33. The van der Waals surface area contributed by atoms with Gasteiger partial charge in [0.05, 0.1) is 24.5 Å². The van der Waals surface area contributed by atoms with Crippen LogP contribution in [-0.2, 0) is 19.6 Å². The van der Waals surface area contributed by atoms with Crippen molar-refractivity contribution >= 4 is 0 Å². The molecule has 2 N–H and O–H groups in total. The van der Waals surface area contributed by atoms with Gasteiger partial charge in [-0.25, -0.2) is 0 Å². The zero-order valence-electron chi connectivity index (χ0n) is 8.67. The summed E-state index contributed by atoms with van der Waals surface area (Å²) in [5, 5.41) is 12.1. The lowest BCUT2D eigenvalue weighted by Gasteiger charge is -2.00. The van der Waals surface area contributed by atoms with Crippen LogP contribution < -0.4 is 5.73 Å². The minimum Gasteiger partial charge on any atom is -0.325 e. The van der Waals surface area contributed by atoms with Crippen LogP contribution >= 0.6 is 0 Å². The van der Waals surface area contributed by atoms with E-state index in [1.807, 2.05) is 30.1 Å². The molecule has 0 saturated heterocycles. The standard InChI is InChI=1S/C9H14N6/c1-8-2-3-14(12-8)4-5-15-7-9(6-10)11-13-15/h2-3,7H,4-6,10H2,1H3. The Morgan fingerprint density at radius 2 is 2.13 bits per heavy atom. The van der Waals surface area contributed by atoms with E-state index in [4.69, 9.17) is 5.73 Å². The predicted octanol–water partition coefficient (Wildman–Crippen LogP) is -0.0581. The van der Waals surface area contributed by atoms with Crippen LogP contribution in [0.25, 0.3) is 0 Å². The fraction of sp³-hybridized carbons (Fsp3) is 0.444. The molecular weight excluding hydrogens is 192 g/mol. The maximum absolute atomic E-state index is 5.44. The number of hydrogen-bond donors (Lipinski definition) is 1. The van der Waals surface area contributed by atoms with Crippen molar-refractivity contribution in [1.29, 1.82) is 0 Å². The zero-order valence-corrected chi connectivity index (χ0v) is 8.67. The van der Waals surface area contributed by atoms with Crippen molar-refractivity contribution < 1.29 is 0 Å². The molecule has 0 aliphatic heterocycles. The van der Waals surface area contributed by atoms with E-state index in [2.05, 4.69) is 15.4 Å². The molecule has 0 aliphatic carbocycles. The first-order valence-electron chi connectivity index (χ1n) is 4.87. The van der Waals surface area contributed by atoms with Gasteiger partial charge in [0, 0.05) is 18.9 Å². The van der Waals surface area contributed by atoms with Crippen LogP contribution in [0.15, 0.2) is 18.5 Å². The summed E-state index contributed by atoms with van der Waals surface area (Å²) in [6, 6.07) is 1.98. The summed E-state index contributed by atoms with van der Waals surface area (Å²) < 4.78 is 3.67. The van der Waals surface area contributed by atoms with E-state index in [1.165, 1.54) is 0 Å². The Kier molecular flexibility index (Phi) is 2.77. The molecule has 0 amide bonds. The molecule has 0 fully saturated rings. The van der Waals surface area contributed by atoms with Gasteiger partial charge in [-0.1, -0.05) is 5.21 Å². The minimum absolute atomic E-state index is 0.431. The first-order valence-corrected chi connectivity index (χ1v) is 4.87. The normalized spacial score (nSPS) is 10.8. The van der Waals surface area contributed by atoms with Gasteiger partial charge in [-0.05, 0) is 13.0 Å². The van der Waals surface area contributed by atoms with Gasteiger partial charge in [-0.2, -0.15) is 5.10 Å². The fourth-order valence-corrected chi connectivity index (χ4v) is 1.33. The minimum atomic E-state index is 0.431. The van der Waals surface area contributed by atoms with Crippen LogP contribution in [0, 0.1) is 6.92 Å². The molecule has 80 valence electrons. The maximum Gasteiger partial charge on any atom is 0.0962 e. The van der Waals surface area contributed by atoms with Crippen molar-refractivity contribution in [3.8, 4) is 0 Å². The highest BCUT2D eigenvalue weighted by Gasteiger charge is 1.99. The molecule has 0 aromatic carbocycles. The molecule has 0 bridgehead atoms. The molecule has 6 heteroatoms. The Hall–Kier alpha value is -1.69. The van der Waals surface area contributed by atoms with Crippen molar-refractivity contribution in [2.24, 2.45) is 5.73 Å². The van der Waals surface area contributed by atoms with Crippen molar-refractivity contribution in [2.45, 2.75) is 26.6 Å². The van der Waals surface area contributed by atoms with Gasteiger partial charge in [-0.15, -0.1) is 5.10 Å². The summed E-state index contributed by atoms with van der Waals surface area (Å²) in [6.45, 7) is 3.95. The van der Waals surface area contributed by atoms with Crippen molar-refractivity contribution in [2.75, 3.05) is 0 Å². The van der Waals surface area contributed by atoms with Crippen LogP contribution in [-0.4, -0.2) is 24.8 Å². The van der Waals surface area contributed by atoms with Crippen molar-refractivity contribution in [3.05, 3.63) is 29.8 Å². The quantitative estimate of drug-likeness (QED) is 0.760. The molecule has 2 aromatic heterocycles. The molecule has 0 aliphatic rings. The van der Waals surface area contributed by atoms with E-state index in [0.717, 1.165) is 24.5 Å². The van der Waals surface area contributed by atoms with E-state index in [9.17, 15) is 0 Å². The first-order chi connectivity index (χ1) is 7.28. The Labute approximate surface area is 87.7 Å². The summed E-state index contributed by atoms with van der Waals surface area (Å²) in [6.07, 6.45) is 3.81. The van der Waals surface area contributed by atoms with E-state index in [1.54, 1.807) is 4.68 Å². The van der Waals surface area contributed by atoms with Gasteiger partial charge >= 0.3 is 0 Å². The van der Waals surface area contributed by atoms with Gasteiger partial charge in [0.2, 0.25) is 0 Å². The highest BCUT2D eigenvalue weighted by Crippen LogP contribution is 1.95. The third-order valence-corrected chi connectivity index (χ3v) is 2.13. The average Bonchev–Trinajstić information content (AvgIpc) is 2.83. The van der Waals surface area contributed by atoms with E-state index < -0.39 is 0 Å². The van der Waals surface area contributed by atoms with E-state index >= 15 is 0 Å². The molecule has 0 radical (unpaired) electrons. The highest BCUT2D eigenvalue weighted by molar-refractivity contribution is 4.94. The van der Waals surface area contributed by atoms with E-state index in [-0.39, 0.29) is 0 Å². The van der Waals surface area contributed by atoms with Gasteiger partial charge in [-0.3, -0.25) is 9.36 Å². The highest BCUT2D eigenvalue weighted by atomic mass is 15.4. The molecule has 2 heterocycles. The van der Waals surface area contributed by atoms with Crippen molar-refractivity contribution in [3.63, 3.8) is 0 Å². The SMILES string of the molecule is Cc1ccn(CCn2cc(CN)nn2)n1. The van der Waals surface area contributed by atoms with Gasteiger partial charge in [0.1, 0.15) is 0 Å². The summed E-state index contributed by atoms with van der Waals surface area (Å²) >= 11 is 0. The number of aromatic nitrogens is 5. The van der Waals surface area contributed by atoms with Crippen LogP contribution in [0.1, 0.15) is 11.4 Å². The first kappa shape index (κ1) is 9.85. The Balaban J connectivity index is 1.93. The molecule has 0 spiro atoms. The molecule has 15 heavy (non-hydrogen) atoms. The number of nitrogens with two attached hydrogens (primary N) is 1. The number of rotatable bonds is 4. The molecular formula is C9H14N6. The lowest BCUT2D eigenvalue weighted by molar-refractivity contribution is 0.488. The average molecular weight is 206 g/mol. The molecule has 0 unspecified atom stereocenters. The third-order valence-electron chi connectivity index (χ3n) is 2.13. The Morgan fingerprint density at radius 3 is 2.73 bits per heavy atom. The zero-order chi connectivity index (χ0) is 10.7. The lowest BCUT2D eigenvalue weighted by Crippen LogP contribution is -2.08. The molecule has 2 aromatic rings. The maximum atomic E-state index is 5.44. The van der Waals surface area contributed by atoms with Gasteiger partial charge in [0.25, 0.3) is 0 Å². The topological polar surface area (TPSA) is 74.5 Å². The Bertz CT molecular complexity index is 429. The van der Waals surface area contributed by atoms with Gasteiger partial charge in [0.15, 0.2) is 0 Å². The molecule has 6 nitrogen and oxygen atoms in total. The van der Waals surface area contributed by atoms with Crippen LogP contribution in [0.2, 0.25) is 0 Å². The second-order valence-corrected chi connectivity index (χ2v) is 3.40. The smallest absolute Gasteiger partial charge is 0.0962 e. The van der Waals surface area contributed by atoms with Crippen LogP contribution in [0.5, 0.6) is 0 Å². The van der Waals surface area contributed by atoms with Crippen molar-refractivity contribution in [1.82, 2.24) is 24.8 Å². The number of hydrogen-bond acceptors (Lipinski definition) is 4. The summed E-state index contributed by atoms with van der Waals surface area (Å²) in [4.78, 5) is 0. The second kappa shape index (κ2) is 4.22. The number of aryl methyl sites for hydroxylation is 3. The lowest BCUT2D eigenvalue weighted by atomic mass is 10.5. The van der Waals surface area contributed by atoms with Crippen LogP contribution in [0.4, 0.5) is 0 Å². The Morgan fingerprint density at radius 1 is 1.33 bits per heavy atom. The monoisotopic (exact) mass is 206 g/mol.